The minimum Gasteiger partial charge on any atom is -0.459 e. The van der Waals surface area contributed by atoms with E-state index in [1.165, 1.54) is 6.26 Å². The molecule has 1 N–H and O–H groups in total. The lowest BCUT2D eigenvalue weighted by molar-refractivity contribution is 0.0923. The molecule has 2 aromatic heterocycles. The fraction of sp³-hybridized carbons (Fsp3) is 0.333. The van der Waals surface area contributed by atoms with Crippen LogP contribution in [0.2, 0.25) is 0 Å². The van der Waals surface area contributed by atoms with Crippen molar-refractivity contribution in [1.29, 1.82) is 0 Å². The van der Waals surface area contributed by atoms with Gasteiger partial charge in [0.15, 0.2) is 5.76 Å². The molecule has 21 heavy (non-hydrogen) atoms. The summed E-state index contributed by atoms with van der Waals surface area (Å²) in [5.74, 6) is 1.03. The van der Waals surface area contributed by atoms with E-state index in [9.17, 15) is 4.79 Å². The Morgan fingerprint density at radius 3 is 2.81 bits per heavy atom. The number of nitrogens with one attached hydrogen (secondary N) is 1. The molecular weight excluding hydrogens is 270 g/mol. The number of amides is 1. The highest BCUT2D eigenvalue weighted by Crippen LogP contribution is 2.13. The lowest BCUT2D eigenvalue weighted by Crippen LogP contribution is -2.36. The van der Waals surface area contributed by atoms with Gasteiger partial charge < -0.3 is 19.4 Å². The van der Waals surface area contributed by atoms with E-state index in [-0.39, 0.29) is 5.91 Å². The Balaban J connectivity index is 1.55. The summed E-state index contributed by atoms with van der Waals surface area (Å²) in [6, 6.07) is 7.27. The third-order valence-corrected chi connectivity index (χ3v) is 3.34. The molecule has 1 aliphatic rings. The van der Waals surface area contributed by atoms with Crippen LogP contribution in [0.1, 0.15) is 16.1 Å². The zero-order valence-electron chi connectivity index (χ0n) is 11.6. The topological polar surface area (TPSA) is 67.6 Å². The molecule has 0 unspecified atom stereocenters. The molecule has 0 bridgehead atoms. The SMILES string of the molecule is O=C(NCc1ccc(N2CCOCC2)nc1)c1ccco1. The van der Waals surface area contributed by atoms with Crippen molar-refractivity contribution < 1.29 is 13.9 Å². The third kappa shape index (κ3) is 3.41. The predicted molar refractivity (Wildman–Crippen MR) is 77.1 cm³/mol. The number of furan rings is 1. The summed E-state index contributed by atoms with van der Waals surface area (Å²) in [7, 11) is 0. The first-order valence-electron chi connectivity index (χ1n) is 6.92. The van der Waals surface area contributed by atoms with Gasteiger partial charge >= 0.3 is 0 Å². The molecule has 1 saturated heterocycles. The van der Waals surface area contributed by atoms with Crippen LogP contribution in [0.15, 0.2) is 41.1 Å². The Morgan fingerprint density at radius 1 is 1.29 bits per heavy atom. The van der Waals surface area contributed by atoms with Crippen molar-refractivity contribution in [3.05, 3.63) is 48.0 Å². The number of rotatable bonds is 4. The Labute approximate surface area is 122 Å². The van der Waals surface area contributed by atoms with Crippen molar-refractivity contribution in [3.63, 3.8) is 0 Å². The Kier molecular flexibility index (Phi) is 4.16. The highest BCUT2D eigenvalue weighted by molar-refractivity contribution is 5.91. The summed E-state index contributed by atoms with van der Waals surface area (Å²) in [6.07, 6.45) is 3.26. The van der Waals surface area contributed by atoms with Crippen molar-refractivity contribution in [3.8, 4) is 0 Å². The molecule has 0 atom stereocenters. The van der Waals surface area contributed by atoms with Gasteiger partial charge in [-0.2, -0.15) is 0 Å². The first kappa shape index (κ1) is 13.6. The second-order valence-corrected chi connectivity index (χ2v) is 4.78. The van der Waals surface area contributed by atoms with E-state index >= 15 is 0 Å². The van der Waals surface area contributed by atoms with Crippen LogP contribution in [0.3, 0.4) is 0 Å². The van der Waals surface area contributed by atoms with Crippen LogP contribution in [0.5, 0.6) is 0 Å². The van der Waals surface area contributed by atoms with Crippen LogP contribution >= 0.6 is 0 Å². The first-order chi connectivity index (χ1) is 10.3. The smallest absolute Gasteiger partial charge is 0.287 e. The minimum atomic E-state index is -0.225. The van der Waals surface area contributed by atoms with Crippen molar-refractivity contribution in [2.75, 3.05) is 31.2 Å². The van der Waals surface area contributed by atoms with E-state index in [4.69, 9.17) is 9.15 Å². The van der Waals surface area contributed by atoms with Crippen LogP contribution in [-0.4, -0.2) is 37.2 Å². The maximum Gasteiger partial charge on any atom is 0.287 e. The van der Waals surface area contributed by atoms with E-state index in [0.717, 1.165) is 37.7 Å². The van der Waals surface area contributed by atoms with Crippen LogP contribution in [0.25, 0.3) is 0 Å². The second kappa shape index (κ2) is 6.41. The highest BCUT2D eigenvalue weighted by Gasteiger charge is 2.12. The zero-order valence-corrected chi connectivity index (χ0v) is 11.6. The average molecular weight is 287 g/mol. The van der Waals surface area contributed by atoms with Crippen molar-refractivity contribution >= 4 is 11.7 Å². The molecule has 1 fully saturated rings. The molecule has 3 heterocycles. The standard InChI is InChI=1S/C15H17N3O3/c19-15(13-2-1-7-21-13)17-11-12-3-4-14(16-10-12)18-5-8-20-9-6-18/h1-4,7,10H,5-6,8-9,11H2,(H,17,19). The summed E-state index contributed by atoms with van der Waals surface area (Å²) in [5.41, 5.74) is 0.951. The van der Waals surface area contributed by atoms with Gasteiger partial charge in [-0.05, 0) is 23.8 Å². The summed E-state index contributed by atoms with van der Waals surface area (Å²) in [6.45, 7) is 3.63. The van der Waals surface area contributed by atoms with Crippen molar-refractivity contribution in [2.45, 2.75) is 6.54 Å². The molecule has 0 aliphatic carbocycles. The van der Waals surface area contributed by atoms with Crippen molar-refractivity contribution in [1.82, 2.24) is 10.3 Å². The number of ether oxygens (including phenoxy) is 1. The van der Waals surface area contributed by atoms with Gasteiger partial charge in [0, 0.05) is 25.8 Å². The van der Waals surface area contributed by atoms with E-state index in [1.807, 2.05) is 12.1 Å². The Hall–Kier alpha value is -2.34. The van der Waals surface area contributed by atoms with Crippen LogP contribution in [0.4, 0.5) is 5.82 Å². The maximum atomic E-state index is 11.7. The fourth-order valence-corrected chi connectivity index (χ4v) is 2.18. The van der Waals surface area contributed by atoms with E-state index in [2.05, 4.69) is 15.2 Å². The number of hydrogen-bond donors (Lipinski definition) is 1. The average Bonchev–Trinajstić information content (AvgIpc) is 3.08. The molecule has 0 aromatic carbocycles. The molecule has 110 valence electrons. The lowest BCUT2D eigenvalue weighted by Gasteiger charge is -2.27. The second-order valence-electron chi connectivity index (χ2n) is 4.78. The van der Waals surface area contributed by atoms with Gasteiger partial charge in [0.2, 0.25) is 0 Å². The van der Waals surface area contributed by atoms with Gasteiger partial charge in [-0.3, -0.25) is 4.79 Å². The van der Waals surface area contributed by atoms with Gasteiger partial charge in [0.05, 0.1) is 19.5 Å². The molecule has 6 heteroatoms. The number of anilines is 1. The Morgan fingerprint density at radius 2 is 2.14 bits per heavy atom. The quantitative estimate of drug-likeness (QED) is 0.921. The number of carbonyl (C=O) groups excluding carboxylic acids is 1. The molecule has 0 spiro atoms. The number of carbonyl (C=O) groups is 1. The van der Waals surface area contributed by atoms with Gasteiger partial charge in [-0.1, -0.05) is 6.07 Å². The summed E-state index contributed by atoms with van der Waals surface area (Å²) >= 11 is 0. The zero-order chi connectivity index (χ0) is 14.5. The summed E-state index contributed by atoms with van der Waals surface area (Å²) in [4.78, 5) is 18.4. The molecule has 2 aromatic rings. The maximum absolute atomic E-state index is 11.7. The van der Waals surface area contributed by atoms with Crippen molar-refractivity contribution in [2.24, 2.45) is 0 Å². The largest absolute Gasteiger partial charge is 0.459 e. The third-order valence-electron chi connectivity index (χ3n) is 3.34. The molecule has 0 saturated carbocycles. The molecule has 6 nitrogen and oxygen atoms in total. The fourth-order valence-electron chi connectivity index (χ4n) is 2.18. The van der Waals surface area contributed by atoms with E-state index in [1.54, 1.807) is 18.3 Å². The van der Waals surface area contributed by atoms with Crippen LogP contribution in [-0.2, 0) is 11.3 Å². The van der Waals surface area contributed by atoms with Gasteiger partial charge in [-0.25, -0.2) is 4.98 Å². The van der Waals surface area contributed by atoms with Gasteiger partial charge in [0.25, 0.3) is 5.91 Å². The molecular formula is C15H17N3O3. The van der Waals surface area contributed by atoms with E-state index < -0.39 is 0 Å². The van der Waals surface area contributed by atoms with E-state index in [0.29, 0.717) is 12.3 Å². The summed E-state index contributed by atoms with van der Waals surface area (Å²) in [5, 5.41) is 2.79. The number of morpholine rings is 1. The molecule has 3 rings (SSSR count). The first-order valence-corrected chi connectivity index (χ1v) is 6.92. The van der Waals surface area contributed by atoms with Crippen LogP contribution in [0, 0.1) is 0 Å². The van der Waals surface area contributed by atoms with Gasteiger partial charge in [0.1, 0.15) is 5.82 Å². The normalized spacial score (nSPS) is 15.0. The molecule has 1 amide bonds. The lowest BCUT2D eigenvalue weighted by atomic mass is 10.2. The minimum absolute atomic E-state index is 0.225. The number of pyridine rings is 1. The van der Waals surface area contributed by atoms with Crippen LogP contribution < -0.4 is 10.2 Å². The number of aromatic nitrogens is 1. The Bertz CT molecular complexity index is 575. The number of nitrogens with zero attached hydrogens (tertiary/aromatic N) is 2. The predicted octanol–water partition coefficient (Wildman–Crippen LogP) is 1.44. The summed E-state index contributed by atoms with van der Waals surface area (Å²) < 4.78 is 10.4. The monoisotopic (exact) mass is 287 g/mol. The number of hydrogen-bond acceptors (Lipinski definition) is 5. The molecule has 1 aliphatic heterocycles. The highest BCUT2D eigenvalue weighted by atomic mass is 16.5. The molecule has 0 radical (unpaired) electrons. The van der Waals surface area contributed by atoms with Gasteiger partial charge in [-0.15, -0.1) is 0 Å².